The predicted molar refractivity (Wildman–Crippen MR) is 94.9 cm³/mol. The van der Waals surface area contributed by atoms with Crippen molar-refractivity contribution in [3.63, 3.8) is 0 Å². The highest BCUT2D eigenvalue weighted by Crippen LogP contribution is 2.32. The molecule has 0 fully saturated rings. The molecule has 0 bridgehead atoms. The molecule has 4 rings (SSSR count). The van der Waals surface area contributed by atoms with E-state index in [9.17, 15) is 9.59 Å². The maximum atomic E-state index is 12.6. The van der Waals surface area contributed by atoms with Crippen molar-refractivity contribution in [2.45, 2.75) is 12.5 Å². The van der Waals surface area contributed by atoms with Gasteiger partial charge in [0.1, 0.15) is 6.33 Å². The quantitative estimate of drug-likeness (QED) is 0.450. The van der Waals surface area contributed by atoms with Crippen molar-refractivity contribution >= 4 is 11.8 Å². The number of Topliss-reactive ketones (excluding diaryl/α,β-unsaturated/α-hetero) is 1. The molecule has 0 aliphatic carbocycles. The molecule has 0 N–H and O–H groups in total. The summed E-state index contributed by atoms with van der Waals surface area (Å²) < 4.78 is 17.1. The molecule has 0 spiro atoms. The molecule has 2 heterocycles. The molecule has 0 saturated heterocycles. The maximum Gasteiger partial charge on any atom is 0.331 e. The predicted octanol–water partition coefficient (Wildman–Crippen LogP) is 1.61. The van der Waals surface area contributed by atoms with E-state index in [-0.39, 0.29) is 12.6 Å². The van der Waals surface area contributed by atoms with Crippen LogP contribution in [0.5, 0.6) is 11.5 Å². The van der Waals surface area contributed by atoms with Gasteiger partial charge in [0.2, 0.25) is 6.79 Å². The van der Waals surface area contributed by atoms with Gasteiger partial charge in [-0.3, -0.25) is 4.79 Å². The Bertz CT molecular complexity index is 975. The third-order valence-corrected chi connectivity index (χ3v) is 4.27. The lowest BCUT2D eigenvalue weighted by Crippen LogP contribution is -2.26. The molecule has 28 heavy (non-hydrogen) atoms. The molecule has 9 nitrogen and oxygen atoms in total. The second kappa shape index (κ2) is 7.87. The van der Waals surface area contributed by atoms with E-state index in [0.29, 0.717) is 23.5 Å². The van der Waals surface area contributed by atoms with E-state index in [4.69, 9.17) is 14.2 Å². The number of benzene rings is 2. The number of fused-ring (bicyclic) bond motifs is 1. The van der Waals surface area contributed by atoms with Gasteiger partial charge in [-0.25, -0.2) is 9.48 Å². The van der Waals surface area contributed by atoms with Gasteiger partial charge in [0, 0.05) is 12.0 Å². The maximum absolute atomic E-state index is 12.6. The number of nitrogens with zero attached hydrogens (tertiary/aromatic N) is 4. The number of ketones is 1. The zero-order valence-corrected chi connectivity index (χ0v) is 14.7. The van der Waals surface area contributed by atoms with Crippen LogP contribution in [0, 0.1) is 0 Å². The lowest BCUT2D eigenvalue weighted by Gasteiger charge is -2.15. The zero-order valence-electron chi connectivity index (χ0n) is 14.7. The van der Waals surface area contributed by atoms with Crippen LogP contribution < -0.4 is 9.47 Å². The molecule has 3 aromatic rings. The first-order valence-electron chi connectivity index (χ1n) is 8.56. The van der Waals surface area contributed by atoms with Crippen molar-refractivity contribution in [3.8, 4) is 11.5 Å². The summed E-state index contributed by atoms with van der Waals surface area (Å²) in [5.74, 6) is 0.134. The van der Waals surface area contributed by atoms with Crippen LogP contribution in [-0.4, -0.2) is 45.4 Å². The smallest absolute Gasteiger partial charge is 0.331 e. The number of aromatic nitrogens is 4. The topological polar surface area (TPSA) is 105 Å². The minimum atomic E-state index is -0.776. The Morgan fingerprint density at radius 1 is 1.11 bits per heavy atom. The monoisotopic (exact) mass is 380 g/mol. The number of tetrazole rings is 1. The molecule has 0 radical (unpaired) electrons. The van der Waals surface area contributed by atoms with E-state index in [2.05, 4.69) is 15.5 Å². The van der Waals surface area contributed by atoms with E-state index in [1.54, 1.807) is 18.2 Å². The normalized spacial score (nSPS) is 13.1. The SMILES string of the molecule is O=C(COC(=O)[C@H](Cc1ccccc1)n1cnnn1)c1ccc2c(c1)OCO2. The van der Waals surface area contributed by atoms with E-state index in [0.717, 1.165) is 5.56 Å². The summed E-state index contributed by atoms with van der Waals surface area (Å²) in [5.41, 5.74) is 1.29. The molecule has 0 amide bonds. The first kappa shape index (κ1) is 17.7. The van der Waals surface area contributed by atoms with Gasteiger partial charge in [-0.1, -0.05) is 30.3 Å². The molecule has 1 aliphatic heterocycles. The average Bonchev–Trinajstić information content (AvgIpc) is 3.42. The summed E-state index contributed by atoms with van der Waals surface area (Å²) in [6.07, 6.45) is 1.68. The minimum absolute atomic E-state index is 0.120. The van der Waals surface area contributed by atoms with Gasteiger partial charge in [-0.2, -0.15) is 0 Å². The van der Waals surface area contributed by atoms with Crippen LogP contribution in [0.15, 0.2) is 54.9 Å². The molecule has 1 atom stereocenters. The number of carbonyl (C=O) groups is 2. The highest BCUT2D eigenvalue weighted by Gasteiger charge is 2.25. The largest absolute Gasteiger partial charge is 0.456 e. The third-order valence-electron chi connectivity index (χ3n) is 4.27. The molecular formula is C19H16N4O5. The lowest BCUT2D eigenvalue weighted by atomic mass is 10.1. The zero-order chi connectivity index (χ0) is 19.3. The van der Waals surface area contributed by atoms with Gasteiger partial charge >= 0.3 is 5.97 Å². The average molecular weight is 380 g/mol. The van der Waals surface area contributed by atoms with Crippen molar-refractivity contribution in [2.24, 2.45) is 0 Å². The molecule has 1 aromatic heterocycles. The molecule has 142 valence electrons. The van der Waals surface area contributed by atoms with Gasteiger partial charge < -0.3 is 14.2 Å². The van der Waals surface area contributed by atoms with Crippen molar-refractivity contribution < 1.29 is 23.8 Å². The minimum Gasteiger partial charge on any atom is -0.456 e. The first-order valence-corrected chi connectivity index (χ1v) is 8.56. The van der Waals surface area contributed by atoms with Crippen molar-refractivity contribution in [2.75, 3.05) is 13.4 Å². The summed E-state index contributed by atoms with van der Waals surface area (Å²) in [6, 6.07) is 13.5. The van der Waals surface area contributed by atoms with E-state index >= 15 is 0 Å². The second-order valence-corrected chi connectivity index (χ2v) is 6.09. The first-order chi connectivity index (χ1) is 13.7. The van der Waals surface area contributed by atoms with Crippen molar-refractivity contribution in [1.29, 1.82) is 0 Å². The van der Waals surface area contributed by atoms with E-state index < -0.39 is 18.6 Å². The number of esters is 1. The van der Waals surface area contributed by atoms with Gasteiger partial charge in [0.05, 0.1) is 0 Å². The Hall–Kier alpha value is -3.75. The standard InChI is InChI=1S/C19H16N4O5/c24-16(14-6-7-17-18(9-14)28-12-27-17)10-26-19(25)15(23-11-20-21-22-23)8-13-4-2-1-3-5-13/h1-7,9,11,15H,8,10,12H2/t15-/m0/s1. The Morgan fingerprint density at radius 2 is 1.93 bits per heavy atom. The van der Waals surface area contributed by atoms with E-state index in [1.165, 1.54) is 11.0 Å². The number of hydrogen-bond acceptors (Lipinski definition) is 8. The fourth-order valence-corrected chi connectivity index (χ4v) is 2.82. The summed E-state index contributed by atoms with van der Waals surface area (Å²) in [6.45, 7) is -0.277. The number of carbonyl (C=O) groups excluding carboxylic acids is 2. The fraction of sp³-hybridized carbons (Fsp3) is 0.211. The highest BCUT2D eigenvalue weighted by molar-refractivity contribution is 5.98. The molecular weight excluding hydrogens is 364 g/mol. The van der Waals surface area contributed by atoms with Gasteiger partial charge in [-0.05, 0) is 34.2 Å². The van der Waals surface area contributed by atoms with Crippen molar-refractivity contribution in [3.05, 3.63) is 66.0 Å². The van der Waals surface area contributed by atoms with Gasteiger partial charge in [0.15, 0.2) is 29.9 Å². The summed E-state index contributed by atoms with van der Waals surface area (Å²) in [7, 11) is 0. The van der Waals surface area contributed by atoms with Crippen LogP contribution >= 0.6 is 0 Å². The van der Waals surface area contributed by atoms with Gasteiger partial charge in [0.25, 0.3) is 0 Å². The van der Waals surface area contributed by atoms with Crippen LogP contribution in [0.1, 0.15) is 22.0 Å². The lowest BCUT2D eigenvalue weighted by molar-refractivity contribution is -0.146. The van der Waals surface area contributed by atoms with Crippen molar-refractivity contribution in [1.82, 2.24) is 20.2 Å². The molecule has 2 aromatic carbocycles. The summed E-state index contributed by atoms with van der Waals surface area (Å²) in [5, 5.41) is 10.9. The van der Waals surface area contributed by atoms with Crippen LogP contribution in [-0.2, 0) is 16.0 Å². The van der Waals surface area contributed by atoms with Crippen LogP contribution in [0.25, 0.3) is 0 Å². The van der Waals surface area contributed by atoms with Crippen LogP contribution in [0.3, 0.4) is 0 Å². The Labute approximate surface area is 159 Å². The summed E-state index contributed by atoms with van der Waals surface area (Å²) >= 11 is 0. The Balaban J connectivity index is 1.43. The number of rotatable bonds is 7. The molecule has 9 heteroatoms. The molecule has 0 saturated carbocycles. The van der Waals surface area contributed by atoms with Crippen LogP contribution in [0.4, 0.5) is 0 Å². The third kappa shape index (κ3) is 3.83. The molecule has 0 unspecified atom stereocenters. The fourth-order valence-electron chi connectivity index (χ4n) is 2.82. The second-order valence-electron chi connectivity index (χ2n) is 6.09. The highest BCUT2D eigenvalue weighted by atomic mass is 16.7. The van der Waals surface area contributed by atoms with E-state index in [1.807, 2.05) is 30.3 Å². The van der Waals surface area contributed by atoms with Crippen LogP contribution in [0.2, 0.25) is 0 Å². The number of hydrogen-bond donors (Lipinski definition) is 0. The van der Waals surface area contributed by atoms with Gasteiger partial charge in [-0.15, -0.1) is 5.10 Å². The number of ether oxygens (including phenoxy) is 3. The molecule has 1 aliphatic rings. The summed E-state index contributed by atoms with van der Waals surface area (Å²) in [4.78, 5) is 25.0. The Kier molecular flexibility index (Phi) is 4.96. The Morgan fingerprint density at radius 3 is 2.71 bits per heavy atom.